The summed E-state index contributed by atoms with van der Waals surface area (Å²) in [5.41, 5.74) is 0.105. The summed E-state index contributed by atoms with van der Waals surface area (Å²) in [6.07, 6.45) is 0.939. The third-order valence-corrected chi connectivity index (χ3v) is 3.44. The number of rotatable bonds is 5. The number of carboxylic acids is 1. The molecule has 0 spiro atoms. The Bertz CT molecular complexity index is 299. The van der Waals surface area contributed by atoms with E-state index in [0.717, 1.165) is 6.42 Å². The van der Waals surface area contributed by atoms with Crippen LogP contribution in [0.2, 0.25) is 0 Å². The molecule has 1 aliphatic rings. The van der Waals surface area contributed by atoms with Crippen LogP contribution in [0.3, 0.4) is 0 Å². The molecule has 0 bridgehead atoms. The second-order valence-corrected chi connectivity index (χ2v) is 5.32. The molecule has 0 aromatic rings. The highest BCUT2D eigenvalue weighted by Gasteiger charge is 2.52. The van der Waals surface area contributed by atoms with Gasteiger partial charge in [-0.05, 0) is 25.7 Å². The Morgan fingerprint density at radius 2 is 2.00 bits per heavy atom. The van der Waals surface area contributed by atoms with E-state index in [1.807, 2.05) is 6.92 Å². The second kappa shape index (κ2) is 4.44. The van der Waals surface area contributed by atoms with Gasteiger partial charge >= 0.3 is 5.97 Å². The fraction of sp³-hybridized carbons (Fsp3) is 0.833. The first-order valence-electron chi connectivity index (χ1n) is 5.82. The standard InChI is InChI=1S/C12H21NO3/c1-5-13(8(2)6-10(14)15)11(16)9-7-12(9,3)4/h8-9H,5-7H2,1-4H3,(H,14,15). The molecule has 2 atom stereocenters. The fourth-order valence-corrected chi connectivity index (χ4v) is 2.14. The van der Waals surface area contributed by atoms with Crippen molar-refractivity contribution in [1.82, 2.24) is 4.90 Å². The summed E-state index contributed by atoms with van der Waals surface area (Å²) in [5.74, 6) is -0.654. The van der Waals surface area contributed by atoms with Crippen LogP contribution in [-0.4, -0.2) is 34.5 Å². The van der Waals surface area contributed by atoms with Crippen molar-refractivity contribution in [3.63, 3.8) is 0 Å². The van der Waals surface area contributed by atoms with Gasteiger partial charge in [-0.25, -0.2) is 0 Å². The SMILES string of the molecule is CCN(C(=O)C1CC1(C)C)C(C)CC(=O)O. The molecular formula is C12H21NO3. The Balaban J connectivity index is 2.60. The molecule has 0 radical (unpaired) electrons. The first-order chi connectivity index (χ1) is 7.29. The highest BCUT2D eigenvalue weighted by Crippen LogP contribution is 2.52. The van der Waals surface area contributed by atoms with Crippen LogP contribution < -0.4 is 0 Å². The number of carbonyl (C=O) groups excluding carboxylic acids is 1. The highest BCUT2D eigenvalue weighted by atomic mass is 16.4. The molecule has 1 rings (SSSR count). The van der Waals surface area contributed by atoms with Gasteiger partial charge in [0, 0.05) is 18.5 Å². The van der Waals surface area contributed by atoms with Crippen LogP contribution >= 0.6 is 0 Å². The Labute approximate surface area is 96.6 Å². The van der Waals surface area contributed by atoms with E-state index in [9.17, 15) is 9.59 Å². The van der Waals surface area contributed by atoms with Crippen LogP contribution in [0.5, 0.6) is 0 Å². The maximum Gasteiger partial charge on any atom is 0.305 e. The highest BCUT2D eigenvalue weighted by molar-refractivity contribution is 5.83. The molecule has 2 unspecified atom stereocenters. The zero-order valence-corrected chi connectivity index (χ0v) is 10.5. The monoisotopic (exact) mass is 227 g/mol. The van der Waals surface area contributed by atoms with Crippen molar-refractivity contribution in [2.45, 2.75) is 46.6 Å². The molecule has 0 heterocycles. The Morgan fingerprint density at radius 1 is 1.50 bits per heavy atom. The zero-order chi connectivity index (χ0) is 12.5. The maximum atomic E-state index is 12.1. The molecule has 1 fully saturated rings. The molecule has 4 nitrogen and oxygen atoms in total. The lowest BCUT2D eigenvalue weighted by molar-refractivity contribution is -0.141. The molecule has 0 aromatic carbocycles. The molecule has 16 heavy (non-hydrogen) atoms. The summed E-state index contributed by atoms with van der Waals surface area (Å²) in [6, 6.07) is -0.216. The van der Waals surface area contributed by atoms with Gasteiger partial charge in [0.2, 0.25) is 5.91 Å². The number of hydrogen-bond acceptors (Lipinski definition) is 2. The lowest BCUT2D eigenvalue weighted by atomic mass is 10.1. The van der Waals surface area contributed by atoms with Crippen LogP contribution in [-0.2, 0) is 9.59 Å². The molecule has 1 aliphatic carbocycles. The van der Waals surface area contributed by atoms with Gasteiger partial charge < -0.3 is 10.0 Å². The maximum absolute atomic E-state index is 12.1. The summed E-state index contributed by atoms with van der Waals surface area (Å²) >= 11 is 0. The molecule has 4 heteroatoms. The molecule has 0 aromatic heterocycles. The summed E-state index contributed by atoms with van der Waals surface area (Å²) < 4.78 is 0. The minimum atomic E-state index is -0.853. The van der Waals surface area contributed by atoms with E-state index in [4.69, 9.17) is 5.11 Å². The van der Waals surface area contributed by atoms with Gasteiger partial charge in [0.15, 0.2) is 0 Å². The van der Waals surface area contributed by atoms with E-state index < -0.39 is 5.97 Å². The van der Waals surface area contributed by atoms with Gasteiger partial charge in [-0.1, -0.05) is 13.8 Å². The van der Waals surface area contributed by atoms with Crippen molar-refractivity contribution in [3.05, 3.63) is 0 Å². The third kappa shape index (κ3) is 2.74. The van der Waals surface area contributed by atoms with Gasteiger partial charge in [-0.2, -0.15) is 0 Å². The number of hydrogen-bond donors (Lipinski definition) is 1. The Hall–Kier alpha value is -1.06. The van der Waals surface area contributed by atoms with Crippen molar-refractivity contribution in [1.29, 1.82) is 0 Å². The molecule has 92 valence electrons. The normalized spacial score (nSPS) is 23.6. The van der Waals surface area contributed by atoms with Crippen molar-refractivity contribution >= 4 is 11.9 Å². The van der Waals surface area contributed by atoms with Gasteiger partial charge in [-0.3, -0.25) is 9.59 Å². The molecule has 0 aliphatic heterocycles. The summed E-state index contributed by atoms with van der Waals surface area (Å²) in [5, 5.41) is 8.73. The number of aliphatic carboxylic acids is 1. The van der Waals surface area contributed by atoms with Gasteiger partial charge in [0.25, 0.3) is 0 Å². The molecule has 1 saturated carbocycles. The average molecular weight is 227 g/mol. The zero-order valence-electron chi connectivity index (χ0n) is 10.5. The van der Waals surface area contributed by atoms with Crippen LogP contribution in [0.4, 0.5) is 0 Å². The number of amides is 1. The smallest absolute Gasteiger partial charge is 0.305 e. The minimum absolute atomic E-state index is 0.0206. The topological polar surface area (TPSA) is 57.6 Å². The predicted molar refractivity (Wildman–Crippen MR) is 61.0 cm³/mol. The number of carbonyl (C=O) groups is 2. The predicted octanol–water partition coefficient (Wildman–Crippen LogP) is 1.74. The van der Waals surface area contributed by atoms with E-state index in [1.54, 1.807) is 11.8 Å². The first kappa shape index (κ1) is 13.0. The van der Waals surface area contributed by atoms with E-state index >= 15 is 0 Å². The summed E-state index contributed by atoms with van der Waals surface area (Å²) in [7, 11) is 0. The summed E-state index contributed by atoms with van der Waals surface area (Å²) in [6.45, 7) is 8.42. The van der Waals surface area contributed by atoms with Gasteiger partial charge in [0.1, 0.15) is 0 Å². The largest absolute Gasteiger partial charge is 0.481 e. The van der Waals surface area contributed by atoms with Crippen molar-refractivity contribution < 1.29 is 14.7 Å². The molecule has 1 N–H and O–H groups in total. The number of carboxylic acid groups (broad SMARTS) is 1. The quantitative estimate of drug-likeness (QED) is 0.778. The lowest BCUT2D eigenvalue weighted by Crippen LogP contribution is -2.41. The molecule has 0 saturated heterocycles. The van der Waals surface area contributed by atoms with Crippen molar-refractivity contribution in [2.24, 2.45) is 11.3 Å². The van der Waals surface area contributed by atoms with Gasteiger partial charge in [-0.15, -0.1) is 0 Å². The Kier molecular flexibility index (Phi) is 3.61. The first-order valence-corrected chi connectivity index (χ1v) is 5.82. The second-order valence-electron chi connectivity index (χ2n) is 5.32. The third-order valence-electron chi connectivity index (χ3n) is 3.44. The van der Waals surface area contributed by atoms with Crippen molar-refractivity contribution in [2.75, 3.05) is 6.54 Å². The van der Waals surface area contributed by atoms with Crippen LogP contribution in [0.25, 0.3) is 0 Å². The van der Waals surface area contributed by atoms with Crippen LogP contribution in [0.15, 0.2) is 0 Å². The summed E-state index contributed by atoms with van der Waals surface area (Å²) in [4.78, 5) is 24.4. The van der Waals surface area contributed by atoms with Gasteiger partial charge in [0.05, 0.1) is 6.42 Å². The molecule has 1 amide bonds. The van der Waals surface area contributed by atoms with Crippen LogP contribution in [0, 0.1) is 11.3 Å². The van der Waals surface area contributed by atoms with Crippen molar-refractivity contribution in [3.8, 4) is 0 Å². The van der Waals surface area contributed by atoms with E-state index in [1.165, 1.54) is 0 Å². The average Bonchev–Trinajstić information content (AvgIpc) is 2.74. The minimum Gasteiger partial charge on any atom is -0.481 e. The number of nitrogens with zero attached hydrogens (tertiary/aromatic N) is 1. The van der Waals surface area contributed by atoms with E-state index in [-0.39, 0.29) is 29.7 Å². The Morgan fingerprint density at radius 3 is 2.31 bits per heavy atom. The molecular weight excluding hydrogens is 206 g/mol. The van der Waals surface area contributed by atoms with E-state index in [2.05, 4.69) is 13.8 Å². The lowest BCUT2D eigenvalue weighted by Gasteiger charge is -2.27. The van der Waals surface area contributed by atoms with E-state index in [0.29, 0.717) is 6.54 Å². The fourth-order valence-electron chi connectivity index (χ4n) is 2.14. The van der Waals surface area contributed by atoms with Crippen LogP contribution in [0.1, 0.15) is 40.5 Å².